The van der Waals surface area contributed by atoms with Gasteiger partial charge in [0.2, 0.25) is 11.8 Å². The lowest BCUT2D eigenvalue weighted by atomic mass is 9.97. The molecule has 2 amide bonds. The summed E-state index contributed by atoms with van der Waals surface area (Å²) in [6.45, 7) is 1.00. The quantitative estimate of drug-likeness (QED) is 0.853. The fraction of sp³-hybridized carbons (Fsp3) is 0.500. The smallest absolute Gasteiger partial charge is 0.242 e. The topological polar surface area (TPSA) is 60.9 Å². The van der Waals surface area contributed by atoms with Crippen LogP contribution in [0.4, 0.5) is 0 Å². The van der Waals surface area contributed by atoms with Crippen LogP contribution in [-0.4, -0.2) is 52.5 Å². The van der Waals surface area contributed by atoms with Gasteiger partial charge in [0.1, 0.15) is 0 Å². The molecule has 0 saturated carbocycles. The second kappa shape index (κ2) is 8.30. The Kier molecular flexibility index (Phi) is 5.87. The molecule has 0 aromatic heterocycles. The molecule has 0 radical (unpaired) electrons. The molecule has 1 aromatic rings. The van der Waals surface area contributed by atoms with Crippen molar-refractivity contribution in [1.29, 1.82) is 0 Å². The van der Waals surface area contributed by atoms with Crippen LogP contribution < -0.4 is 0 Å². The molecule has 0 spiro atoms. The van der Waals surface area contributed by atoms with Gasteiger partial charge in [0.05, 0.1) is 12.6 Å². The molecule has 0 bridgehead atoms. The maximum atomic E-state index is 12.6. The third kappa shape index (κ3) is 4.92. The number of allylic oxidation sites excluding steroid dienone is 1. The monoisotopic (exact) mass is 342 g/mol. The van der Waals surface area contributed by atoms with Crippen LogP contribution >= 0.6 is 0 Å². The predicted molar refractivity (Wildman–Crippen MR) is 95.6 cm³/mol. The van der Waals surface area contributed by atoms with Gasteiger partial charge in [0.25, 0.3) is 0 Å². The van der Waals surface area contributed by atoms with Crippen molar-refractivity contribution >= 4 is 11.8 Å². The first-order valence-corrected chi connectivity index (χ1v) is 9.07. The van der Waals surface area contributed by atoms with Crippen molar-refractivity contribution in [3.8, 4) is 0 Å². The average Bonchev–Trinajstić information content (AvgIpc) is 2.75. The molecule has 1 aliphatic carbocycles. The Morgan fingerprint density at radius 3 is 2.68 bits per heavy atom. The largest absolute Gasteiger partial charge is 0.389 e. The van der Waals surface area contributed by atoms with E-state index in [4.69, 9.17) is 0 Å². The molecule has 1 fully saturated rings. The van der Waals surface area contributed by atoms with Crippen LogP contribution in [-0.2, 0) is 16.1 Å². The van der Waals surface area contributed by atoms with E-state index in [0.29, 0.717) is 13.0 Å². The number of β-amino-alcohol motifs (C(OH)–C–C–N with tert-alkyl or cyclic N) is 1. The minimum absolute atomic E-state index is 0.0516. The summed E-state index contributed by atoms with van der Waals surface area (Å²) in [7, 11) is 0. The molecular formula is C20H26N2O3. The van der Waals surface area contributed by atoms with E-state index < -0.39 is 6.10 Å². The number of hydrogen-bond donors (Lipinski definition) is 1. The lowest BCUT2D eigenvalue weighted by Crippen LogP contribution is -2.39. The van der Waals surface area contributed by atoms with Crippen LogP contribution in [0.15, 0.2) is 42.0 Å². The Morgan fingerprint density at radius 2 is 1.96 bits per heavy atom. The van der Waals surface area contributed by atoms with Crippen molar-refractivity contribution in [2.45, 2.75) is 44.8 Å². The van der Waals surface area contributed by atoms with Crippen molar-refractivity contribution in [3.63, 3.8) is 0 Å². The zero-order valence-electron chi connectivity index (χ0n) is 14.6. The molecule has 134 valence electrons. The number of carbonyl (C=O) groups is 2. The number of aliphatic hydroxyl groups is 1. The molecule has 1 unspecified atom stereocenters. The third-order valence-corrected chi connectivity index (χ3v) is 4.87. The number of hydrogen-bond acceptors (Lipinski definition) is 3. The zero-order valence-corrected chi connectivity index (χ0v) is 14.6. The molecule has 3 rings (SSSR count). The first-order valence-electron chi connectivity index (χ1n) is 9.07. The van der Waals surface area contributed by atoms with Gasteiger partial charge < -0.3 is 14.9 Å². The highest BCUT2D eigenvalue weighted by molar-refractivity contribution is 5.86. The maximum absolute atomic E-state index is 12.6. The van der Waals surface area contributed by atoms with Gasteiger partial charge in [-0.25, -0.2) is 0 Å². The van der Waals surface area contributed by atoms with Gasteiger partial charge in [-0.3, -0.25) is 9.59 Å². The van der Waals surface area contributed by atoms with E-state index in [9.17, 15) is 14.7 Å². The molecule has 5 nitrogen and oxygen atoms in total. The standard InChI is InChI=1S/C20H26N2O3/c23-18-13-21(12-17-9-5-2-6-10-17)20(25)15-22(14-18)19(24)11-16-7-3-1-4-8-16/h2,5-7,9-10,18,23H,1,3-4,8,11-15H2. The van der Waals surface area contributed by atoms with E-state index in [1.807, 2.05) is 30.3 Å². The summed E-state index contributed by atoms with van der Waals surface area (Å²) in [4.78, 5) is 28.3. The molecule has 1 N–H and O–H groups in total. The van der Waals surface area contributed by atoms with Crippen LogP contribution in [0, 0.1) is 0 Å². The summed E-state index contributed by atoms with van der Waals surface area (Å²) >= 11 is 0. The number of aliphatic hydroxyl groups excluding tert-OH is 1. The van der Waals surface area contributed by atoms with Crippen LogP contribution in [0.2, 0.25) is 0 Å². The van der Waals surface area contributed by atoms with Gasteiger partial charge >= 0.3 is 0 Å². The predicted octanol–water partition coefficient (Wildman–Crippen LogP) is 2.11. The van der Waals surface area contributed by atoms with Crippen LogP contribution in [0.1, 0.15) is 37.7 Å². The van der Waals surface area contributed by atoms with Gasteiger partial charge in [0.15, 0.2) is 0 Å². The van der Waals surface area contributed by atoms with Crippen LogP contribution in [0.25, 0.3) is 0 Å². The summed E-state index contributed by atoms with van der Waals surface area (Å²) in [6, 6.07) is 9.72. The van der Waals surface area contributed by atoms with E-state index in [1.165, 1.54) is 16.9 Å². The third-order valence-electron chi connectivity index (χ3n) is 4.87. The van der Waals surface area contributed by atoms with Crippen molar-refractivity contribution in [2.75, 3.05) is 19.6 Å². The van der Waals surface area contributed by atoms with Crippen molar-refractivity contribution < 1.29 is 14.7 Å². The summed E-state index contributed by atoms with van der Waals surface area (Å²) in [6.07, 6.45) is 6.14. The van der Waals surface area contributed by atoms with Gasteiger partial charge in [-0.1, -0.05) is 42.0 Å². The van der Waals surface area contributed by atoms with E-state index in [0.717, 1.165) is 24.8 Å². The highest BCUT2D eigenvalue weighted by Gasteiger charge is 2.29. The normalized spacial score (nSPS) is 21.7. The van der Waals surface area contributed by atoms with E-state index in [2.05, 4.69) is 6.08 Å². The summed E-state index contributed by atoms with van der Waals surface area (Å²) in [5.74, 6) is -0.159. The molecule has 1 heterocycles. The number of carbonyl (C=O) groups excluding carboxylic acids is 2. The Balaban J connectivity index is 1.63. The van der Waals surface area contributed by atoms with Crippen molar-refractivity contribution in [2.24, 2.45) is 0 Å². The Bertz CT molecular complexity index is 642. The number of benzene rings is 1. The van der Waals surface area contributed by atoms with Crippen LogP contribution in [0.3, 0.4) is 0 Å². The van der Waals surface area contributed by atoms with Crippen molar-refractivity contribution in [3.05, 3.63) is 47.5 Å². The molecule has 1 atom stereocenters. The highest BCUT2D eigenvalue weighted by Crippen LogP contribution is 2.21. The first-order chi connectivity index (χ1) is 12.1. The molecule has 2 aliphatic rings. The van der Waals surface area contributed by atoms with Crippen molar-refractivity contribution in [1.82, 2.24) is 9.80 Å². The Labute approximate surface area is 148 Å². The number of rotatable bonds is 4. The lowest BCUT2D eigenvalue weighted by molar-refractivity contribution is -0.138. The van der Waals surface area contributed by atoms with Gasteiger partial charge in [-0.05, 0) is 31.2 Å². The minimum atomic E-state index is -0.709. The lowest BCUT2D eigenvalue weighted by Gasteiger charge is -2.22. The maximum Gasteiger partial charge on any atom is 0.242 e. The molecular weight excluding hydrogens is 316 g/mol. The second-order valence-corrected chi connectivity index (χ2v) is 6.97. The Morgan fingerprint density at radius 1 is 1.16 bits per heavy atom. The minimum Gasteiger partial charge on any atom is -0.389 e. The summed E-state index contributed by atoms with van der Waals surface area (Å²) < 4.78 is 0. The van der Waals surface area contributed by atoms with E-state index in [1.54, 1.807) is 4.90 Å². The first kappa shape index (κ1) is 17.7. The number of amides is 2. The average molecular weight is 342 g/mol. The number of nitrogens with zero attached hydrogens (tertiary/aromatic N) is 2. The van der Waals surface area contributed by atoms with Gasteiger partial charge in [-0.2, -0.15) is 0 Å². The highest BCUT2D eigenvalue weighted by atomic mass is 16.3. The van der Waals surface area contributed by atoms with E-state index >= 15 is 0 Å². The SMILES string of the molecule is O=C(CC1=CCCCC1)N1CC(=O)N(Cc2ccccc2)CC(O)C1. The van der Waals surface area contributed by atoms with Crippen LogP contribution in [0.5, 0.6) is 0 Å². The fourth-order valence-corrected chi connectivity index (χ4v) is 3.51. The zero-order chi connectivity index (χ0) is 17.6. The molecule has 5 heteroatoms. The fourth-order valence-electron chi connectivity index (χ4n) is 3.51. The Hall–Kier alpha value is -2.14. The summed E-state index contributed by atoms with van der Waals surface area (Å²) in [5.41, 5.74) is 2.19. The molecule has 1 aliphatic heterocycles. The molecule has 25 heavy (non-hydrogen) atoms. The molecule has 1 saturated heterocycles. The summed E-state index contributed by atoms with van der Waals surface area (Å²) in [5, 5.41) is 10.3. The molecule has 1 aromatic carbocycles. The van der Waals surface area contributed by atoms with E-state index in [-0.39, 0.29) is 31.4 Å². The van der Waals surface area contributed by atoms with Gasteiger partial charge in [0, 0.05) is 26.1 Å². The second-order valence-electron chi connectivity index (χ2n) is 6.97. The van der Waals surface area contributed by atoms with Gasteiger partial charge in [-0.15, -0.1) is 0 Å².